The Morgan fingerprint density at radius 3 is 2.58 bits per heavy atom. The Bertz CT molecular complexity index is 570. The van der Waals surface area contributed by atoms with E-state index in [4.69, 9.17) is 0 Å². The van der Waals surface area contributed by atoms with Crippen molar-refractivity contribution in [3.63, 3.8) is 0 Å². The van der Waals surface area contributed by atoms with Gasteiger partial charge in [-0.3, -0.25) is 4.79 Å². The Morgan fingerprint density at radius 2 is 2.00 bits per heavy atom. The lowest BCUT2D eigenvalue weighted by atomic mass is 10.1. The fourth-order valence-corrected chi connectivity index (χ4v) is 2.54. The van der Waals surface area contributed by atoms with Crippen LogP contribution in [0.15, 0.2) is 22.7 Å². The molecule has 0 saturated heterocycles. The Kier molecular flexibility index (Phi) is 5.51. The number of nitrogens with zero attached hydrogens (tertiary/aromatic N) is 1. The molecule has 106 valence electrons. The molecule has 1 amide bonds. The van der Waals surface area contributed by atoms with Crippen LogP contribution in [0.3, 0.4) is 0 Å². The number of hydrogen-bond donors (Lipinski definition) is 1. The van der Waals surface area contributed by atoms with E-state index < -0.39 is 10.0 Å². The Morgan fingerprint density at radius 1 is 1.37 bits per heavy atom. The van der Waals surface area contributed by atoms with E-state index in [2.05, 4.69) is 21.2 Å². The van der Waals surface area contributed by atoms with Crippen LogP contribution in [0, 0.1) is 6.92 Å². The molecule has 0 heterocycles. The van der Waals surface area contributed by atoms with Gasteiger partial charge < -0.3 is 5.32 Å². The molecule has 1 aromatic rings. The van der Waals surface area contributed by atoms with Crippen LogP contribution >= 0.6 is 15.9 Å². The van der Waals surface area contributed by atoms with Crippen LogP contribution in [0.2, 0.25) is 0 Å². The van der Waals surface area contributed by atoms with E-state index in [0.29, 0.717) is 10.0 Å². The number of amides is 1. The molecule has 0 spiro atoms. The van der Waals surface area contributed by atoms with Crippen LogP contribution in [0.4, 0.5) is 0 Å². The van der Waals surface area contributed by atoms with E-state index in [1.165, 1.54) is 14.1 Å². The highest BCUT2D eigenvalue weighted by Crippen LogP contribution is 2.17. The smallest absolute Gasteiger partial charge is 0.252 e. The summed E-state index contributed by atoms with van der Waals surface area (Å²) in [4.78, 5) is 11.9. The number of nitrogens with one attached hydrogen (secondary N) is 1. The van der Waals surface area contributed by atoms with Gasteiger partial charge in [0.15, 0.2) is 0 Å². The van der Waals surface area contributed by atoms with Crippen LogP contribution in [0.1, 0.15) is 15.9 Å². The second-order valence-corrected chi connectivity index (χ2v) is 7.49. The summed E-state index contributed by atoms with van der Waals surface area (Å²) in [5.41, 5.74) is 1.47. The number of aryl methyl sites for hydroxylation is 1. The van der Waals surface area contributed by atoms with Gasteiger partial charge >= 0.3 is 0 Å². The third-order valence-corrected chi connectivity index (χ3v) is 5.09. The van der Waals surface area contributed by atoms with Gasteiger partial charge in [0, 0.05) is 25.1 Å². The molecule has 0 aliphatic heterocycles. The zero-order valence-corrected chi connectivity index (χ0v) is 13.5. The first-order valence-electron chi connectivity index (χ1n) is 5.68. The molecular weight excluding hydrogens is 332 g/mol. The fourth-order valence-electron chi connectivity index (χ4n) is 1.38. The lowest BCUT2D eigenvalue weighted by molar-refractivity contribution is 0.0955. The summed E-state index contributed by atoms with van der Waals surface area (Å²) in [7, 11) is -0.354. The molecule has 0 atom stereocenters. The first-order valence-corrected chi connectivity index (χ1v) is 8.09. The van der Waals surface area contributed by atoms with Crippen molar-refractivity contribution in [2.24, 2.45) is 0 Å². The lowest BCUT2D eigenvalue weighted by Crippen LogP contribution is -2.34. The molecule has 0 saturated carbocycles. The van der Waals surface area contributed by atoms with Crippen molar-refractivity contribution in [2.75, 3.05) is 26.4 Å². The van der Waals surface area contributed by atoms with E-state index >= 15 is 0 Å². The molecule has 0 unspecified atom stereocenters. The highest BCUT2D eigenvalue weighted by Gasteiger charge is 2.15. The number of carbonyl (C=O) groups excluding carboxylic acids is 1. The number of carbonyl (C=O) groups is 1. The van der Waals surface area contributed by atoms with Crippen LogP contribution in [0.5, 0.6) is 0 Å². The maximum absolute atomic E-state index is 11.9. The highest BCUT2D eigenvalue weighted by molar-refractivity contribution is 9.10. The number of rotatable bonds is 5. The molecule has 0 aliphatic carbocycles. The van der Waals surface area contributed by atoms with Gasteiger partial charge in [-0.05, 0) is 35.0 Å². The predicted molar refractivity (Wildman–Crippen MR) is 78.7 cm³/mol. The Labute approximate surface area is 122 Å². The molecule has 7 heteroatoms. The van der Waals surface area contributed by atoms with E-state index in [1.54, 1.807) is 12.1 Å². The SMILES string of the molecule is Cc1ccc(Br)c(C(=O)NCCS(=O)(=O)N(C)C)c1. The van der Waals surface area contributed by atoms with Crippen molar-refractivity contribution < 1.29 is 13.2 Å². The average Bonchev–Trinajstić information content (AvgIpc) is 2.31. The third-order valence-electron chi connectivity index (χ3n) is 2.57. The normalized spacial score (nSPS) is 11.6. The van der Waals surface area contributed by atoms with Crippen LogP contribution in [-0.4, -0.2) is 45.0 Å². The molecule has 0 aliphatic rings. The van der Waals surface area contributed by atoms with E-state index in [0.717, 1.165) is 9.87 Å². The topological polar surface area (TPSA) is 66.5 Å². The first kappa shape index (κ1) is 16.1. The number of benzene rings is 1. The Hall–Kier alpha value is -0.920. The van der Waals surface area contributed by atoms with Crippen molar-refractivity contribution in [1.29, 1.82) is 0 Å². The van der Waals surface area contributed by atoms with E-state index in [9.17, 15) is 13.2 Å². The van der Waals surface area contributed by atoms with E-state index in [-0.39, 0.29) is 18.2 Å². The number of hydrogen-bond acceptors (Lipinski definition) is 3. The van der Waals surface area contributed by atoms with Crippen molar-refractivity contribution in [2.45, 2.75) is 6.92 Å². The van der Waals surface area contributed by atoms with Gasteiger partial charge in [0.25, 0.3) is 5.91 Å². The molecule has 0 bridgehead atoms. The quantitative estimate of drug-likeness (QED) is 0.873. The average molecular weight is 349 g/mol. The summed E-state index contributed by atoms with van der Waals surface area (Å²) in [5, 5.41) is 2.60. The second-order valence-electron chi connectivity index (χ2n) is 4.34. The molecule has 1 rings (SSSR count). The maximum atomic E-state index is 11.9. The monoisotopic (exact) mass is 348 g/mol. The minimum absolute atomic E-state index is 0.0831. The maximum Gasteiger partial charge on any atom is 0.252 e. The van der Waals surface area contributed by atoms with Crippen molar-refractivity contribution in [3.05, 3.63) is 33.8 Å². The standard InChI is InChI=1S/C12H17BrN2O3S/c1-9-4-5-11(13)10(8-9)12(16)14-6-7-19(17,18)15(2)3/h4-5,8H,6-7H2,1-3H3,(H,14,16). The van der Waals surface area contributed by atoms with Gasteiger partial charge in [0.2, 0.25) is 10.0 Å². The number of halogens is 1. The van der Waals surface area contributed by atoms with Gasteiger partial charge in [0.1, 0.15) is 0 Å². The first-order chi connectivity index (χ1) is 8.74. The minimum Gasteiger partial charge on any atom is -0.351 e. The number of sulfonamides is 1. The molecule has 1 N–H and O–H groups in total. The lowest BCUT2D eigenvalue weighted by Gasteiger charge is -2.12. The molecule has 1 aromatic carbocycles. The fraction of sp³-hybridized carbons (Fsp3) is 0.417. The summed E-state index contributed by atoms with van der Waals surface area (Å²) in [6.07, 6.45) is 0. The van der Waals surface area contributed by atoms with Crippen LogP contribution in [0.25, 0.3) is 0 Å². The largest absolute Gasteiger partial charge is 0.351 e. The molecule has 0 fully saturated rings. The van der Waals surface area contributed by atoms with E-state index in [1.807, 2.05) is 13.0 Å². The predicted octanol–water partition coefficient (Wildman–Crippen LogP) is 1.38. The van der Waals surface area contributed by atoms with Gasteiger partial charge in [-0.2, -0.15) is 0 Å². The summed E-state index contributed by atoms with van der Waals surface area (Å²) < 4.78 is 24.9. The zero-order chi connectivity index (χ0) is 14.6. The molecule has 0 radical (unpaired) electrons. The molecular formula is C12H17BrN2O3S. The van der Waals surface area contributed by atoms with Gasteiger partial charge in [0.05, 0.1) is 11.3 Å². The minimum atomic E-state index is -3.29. The zero-order valence-electron chi connectivity index (χ0n) is 11.1. The van der Waals surface area contributed by atoms with Crippen LogP contribution in [-0.2, 0) is 10.0 Å². The van der Waals surface area contributed by atoms with Gasteiger partial charge in [-0.25, -0.2) is 12.7 Å². The van der Waals surface area contributed by atoms with Crippen molar-refractivity contribution in [3.8, 4) is 0 Å². The molecule has 0 aromatic heterocycles. The highest BCUT2D eigenvalue weighted by atomic mass is 79.9. The summed E-state index contributed by atoms with van der Waals surface area (Å²) >= 11 is 3.30. The van der Waals surface area contributed by atoms with Crippen LogP contribution < -0.4 is 5.32 Å². The second kappa shape index (κ2) is 6.49. The molecule has 19 heavy (non-hydrogen) atoms. The summed E-state index contributed by atoms with van der Waals surface area (Å²) in [5.74, 6) is -0.403. The molecule has 5 nitrogen and oxygen atoms in total. The summed E-state index contributed by atoms with van der Waals surface area (Å²) in [6, 6.07) is 5.43. The third kappa shape index (κ3) is 4.59. The van der Waals surface area contributed by atoms with Crippen molar-refractivity contribution >= 4 is 31.9 Å². The van der Waals surface area contributed by atoms with Crippen molar-refractivity contribution in [1.82, 2.24) is 9.62 Å². The Balaban J connectivity index is 2.64. The van der Waals surface area contributed by atoms with Gasteiger partial charge in [-0.1, -0.05) is 11.6 Å². The summed E-state index contributed by atoms with van der Waals surface area (Å²) in [6.45, 7) is 1.97. The van der Waals surface area contributed by atoms with Gasteiger partial charge in [-0.15, -0.1) is 0 Å².